The highest BCUT2D eigenvalue weighted by Crippen LogP contribution is 2.23. The fourth-order valence-corrected chi connectivity index (χ4v) is 3.36. The standard InChI is InChI=1S/C17H16F3N5O3S/c18-17(19,20)28-13-3-5-14(6-4-13)29(26,27)22-10-9-21-15-7-8-16(24-23-15)25-11-1-2-12-25/h1-8,11-12,22H,9-10H2,(H,21,23). The van der Waals surface area contributed by atoms with Crippen LogP contribution in [0.3, 0.4) is 0 Å². The van der Waals surface area contributed by atoms with Crippen molar-refractivity contribution in [3.8, 4) is 11.6 Å². The number of rotatable bonds is 8. The quantitative estimate of drug-likeness (QED) is 0.536. The molecule has 3 aromatic rings. The zero-order chi connectivity index (χ0) is 20.9. The van der Waals surface area contributed by atoms with E-state index in [1.807, 2.05) is 24.5 Å². The van der Waals surface area contributed by atoms with Crippen LogP contribution in [-0.4, -0.2) is 42.6 Å². The second-order valence-electron chi connectivity index (χ2n) is 5.71. The summed E-state index contributed by atoms with van der Waals surface area (Å²) in [4.78, 5) is -0.178. The maximum atomic E-state index is 12.2. The molecule has 2 N–H and O–H groups in total. The summed E-state index contributed by atoms with van der Waals surface area (Å²) in [6.07, 6.45) is -1.19. The molecule has 0 atom stereocenters. The van der Waals surface area contributed by atoms with E-state index < -0.39 is 22.1 Å². The van der Waals surface area contributed by atoms with Gasteiger partial charge in [-0.3, -0.25) is 0 Å². The number of nitrogens with one attached hydrogen (secondary N) is 2. The molecule has 0 unspecified atom stereocenters. The highest BCUT2D eigenvalue weighted by atomic mass is 32.2. The Kier molecular flexibility index (Phi) is 6.03. The highest BCUT2D eigenvalue weighted by molar-refractivity contribution is 7.89. The monoisotopic (exact) mass is 427 g/mol. The summed E-state index contributed by atoms with van der Waals surface area (Å²) < 4.78 is 68.6. The number of hydrogen-bond acceptors (Lipinski definition) is 6. The number of ether oxygens (including phenoxy) is 1. The van der Waals surface area contributed by atoms with Gasteiger partial charge in [-0.2, -0.15) is 0 Å². The summed E-state index contributed by atoms with van der Waals surface area (Å²) >= 11 is 0. The molecule has 0 fully saturated rings. The van der Waals surface area contributed by atoms with Gasteiger partial charge in [0.2, 0.25) is 10.0 Å². The van der Waals surface area contributed by atoms with Gasteiger partial charge in [-0.1, -0.05) is 0 Å². The van der Waals surface area contributed by atoms with Gasteiger partial charge in [0.1, 0.15) is 11.6 Å². The summed E-state index contributed by atoms with van der Waals surface area (Å²) in [6, 6.07) is 11.1. The minimum Gasteiger partial charge on any atom is -0.406 e. The van der Waals surface area contributed by atoms with Crippen molar-refractivity contribution in [2.45, 2.75) is 11.3 Å². The SMILES string of the molecule is O=S(=O)(NCCNc1ccc(-n2cccc2)nn1)c1ccc(OC(F)(F)F)cc1. The number of benzene rings is 1. The lowest BCUT2D eigenvalue weighted by atomic mass is 10.3. The lowest BCUT2D eigenvalue weighted by Crippen LogP contribution is -2.29. The second kappa shape index (κ2) is 8.49. The van der Waals surface area contributed by atoms with Crippen LogP contribution in [0.1, 0.15) is 0 Å². The third-order valence-corrected chi connectivity index (χ3v) is 5.09. The molecule has 0 saturated heterocycles. The first-order chi connectivity index (χ1) is 13.7. The number of nitrogens with zero attached hydrogens (tertiary/aromatic N) is 3. The first-order valence-corrected chi connectivity index (χ1v) is 9.78. The van der Waals surface area contributed by atoms with E-state index in [9.17, 15) is 21.6 Å². The number of aromatic nitrogens is 3. The minimum absolute atomic E-state index is 0.0319. The van der Waals surface area contributed by atoms with E-state index in [2.05, 4.69) is 25.0 Å². The molecule has 2 heterocycles. The van der Waals surface area contributed by atoms with Crippen LogP contribution in [0.4, 0.5) is 19.0 Å². The highest BCUT2D eigenvalue weighted by Gasteiger charge is 2.31. The molecule has 0 spiro atoms. The third-order valence-electron chi connectivity index (χ3n) is 3.61. The van der Waals surface area contributed by atoms with Crippen molar-refractivity contribution in [2.75, 3.05) is 18.4 Å². The van der Waals surface area contributed by atoms with Crippen molar-refractivity contribution in [1.82, 2.24) is 19.5 Å². The Morgan fingerprint density at radius 1 is 0.966 bits per heavy atom. The molecule has 3 rings (SSSR count). The molecule has 29 heavy (non-hydrogen) atoms. The molecule has 0 amide bonds. The molecule has 12 heteroatoms. The van der Waals surface area contributed by atoms with Crippen LogP contribution in [0.2, 0.25) is 0 Å². The van der Waals surface area contributed by atoms with Gasteiger partial charge in [-0.05, 0) is 48.5 Å². The number of alkyl halides is 3. The van der Waals surface area contributed by atoms with Crippen LogP contribution in [0, 0.1) is 0 Å². The van der Waals surface area contributed by atoms with E-state index >= 15 is 0 Å². The van der Waals surface area contributed by atoms with E-state index in [4.69, 9.17) is 0 Å². The van der Waals surface area contributed by atoms with Gasteiger partial charge in [0.25, 0.3) is 0 Å². The normalized spacial score (nSPS) is 12.0. The van der Waals surface area contributed by atoms with Crippen molar-refractivity contribution in [2.24, 2.45) is 0 Å². The van der Waals surface area contributed by atoms with Crippen molar-refractivity contribution in [3.05, 3.63) is 60.9 Å². The van der Waals surface area contributed by atoms with Crippen LogP contribution in [-0.2, 0) is 10.0 Å². The Bertz CT molecular complexity index is 1020. The predicted molar refractivity (Wildman–Crippen MR) is 98.2 cm³/mol. The smallest absolute Gasteiger partial charge is 0.406 e. The molecule has 8 nitrogen and oxygen atoms in total. The second-order valence-corrected chi connectivity index (χ2v) is 7.48. The summed E-state index contributed by atoms with van der Waals surface area (Å²) in [5.41, 5.74) is 0. The lowest BCUT2D eigenvalue weighted by Gasteiger charge is -2.10. The fraction of sp³-hybridized carbons (Fsp3) is 0.176. The average molecular weight is 427 g/mol. The van der Waals surface area contributed by atoms with E-state index in [1.54, 1.807) is 16.7 Å². The summed E-state index contributed by atoms with van der Waals surface area (Å²) in [6.45, 7) is 0.260. The molecule has 1 aromatic carbocycles. The fourth-order valence-electron chi connectivity index (χ4n) is 2.32. The Morgan fingerprint density at radius 2 is 1.66 bits per heavy atom. The Labute approximate surface area is 164 Å². The van der Waals surface area contributed by atoms with Gasteiger partial charge in [-0.15, -0.1) is 23.4 Å². The Morgan fingerprint density at radius 3 is 2.24 bits per heavy atom. The van der Waals surface area contributed by atoms with Crippen molar-refractivity contribution in [3.63, 3.8) is 0 Å². The van der Waals surface area contributed by atoms with Gasteiger partial charge < -0.3 is 14.6 Å². The van der Waals surface area contributed by atoms with Gasteiger partial charge in [0.05, 0.1) is 4.90 Å². The van der Waals surface area contributed by atoms with Gasteiger partial charge >= 0.3 is 6.36 Å². The van der Waals surface area contributed by atoms with Crippen LogP contribution in [0.25, 0.3) is 5.82 Å². The van der Waals surface area contributed by atoms with E-state index in [0.717, 1.165) is 24.3 Å². The van der Waals surface area contributed by atoms with Crippen LogP contribution >= 0.6 is 0 Å². The maximum absolute atomic E-state index is 12.2. The summed E-state index contributed by atoms with van der Waals surface area (Å²) in [7, 11) is -3.88. The predicted octanol–water partition coefficient (Wildman–Crippen LogP) is 2.56. The van der Waals surface area contributed by atoms with E-state index in [0.29, 0.717) is 11.6 Å². The maximum Gasteiger partial charge on any atom is 0.573 e. The summed E-state index contributed by atoms with van der Waals surface area (Å²) in [5.74, 6) is 0.605. The van der Waals surface area contributed by atoms with Crippen molar-refractivity contribution in [1.29, 1.82) is 0 Å². The lowest BCUT2D eigenvalue weighted by molar-refractivity contribution is -0.274. The van der Waals surface area contributed by atoms with Crippen molar-refractivity contribution < 1.29 is 26.3 Å². The van der Waals surface area contributed by atoms with Gasteiger partial charge in [0, 0.05) is 25.5 Å². The number of anilines is 1. The van der Waals surface area contributed by atoms with E-state index in [1.165, 1.54) is 0 Å². The molecular weight excluding hydrogens is 411 g/mol. The zero-order valence-electron chi connectivity index (χ0n) is 14.8. The van der Waals surface area contributed by atoms with Gasteiger partial charge in [-0.25, -0.2) is 13.1 Å². The number of halogens is 3. The third kappa shape index (κ3) is 5.93. The molecule has 2 aromatic heterocycles. The van der Waals surface area contributed by atoms with Crippen LogP contribution in [0.15, 0.2) is 65.8 Å². The average Bonchev–Trinajstić information content (AvgIpc) is 3.20. The largest absolute Gasteiger partial charge is 0.573 e. The van der Waals surface area contributed by atoms with Crippen LogP contribution < -0.4 is 14.8 Å². The molecule has 0 saturated carbocycles. The Hall–Kier alpha value is -3.12. The zero-order valence-corrected chi connectivity index (χ0v) is 15.6. The molecule has 0 bridgehead atoms. The first-order valence-electron chi connectivity index (χ1n) is 8.29. The number of hydrogen-bond donors (Lipinski definition) is 2. The molecule has 154 valence electrons. The molecule has 0 radical (unpaired) electrons. The van der Waals surface area contributed by atoms with Gasteiger partial charge in [0.15, 0.2) is 5.82 Å². The molecule has 0 aliphatic rings. The van der Waals surface area contributed by atoms with E-state index in [-0.39, 0.29) is 18.0 Å². The Balaban J connectivity index is 1.49. The molecule has 0 aliphatic carbocycles. The number of sulfonamides is 1. The molecule has 0 aliphatic heterocycles. The topological polar surface area (TPSA) is 98.1 Å². The summed E-state index contributed by atoms with van der Waals surface area (Å²) in [5, 5.41) is 11.0. The van der Waals surface area contributed by atoms with Crippen LogP contribution in [0.5, 0.6) is 5.75 Å². The minimum atomic E-state index is -4.84. The first kappa shape index (κ1) is 20.6. The van der Waals surface area contributed by atoms with Crippen molar-refractivity contribution >= 4 is 15.8 Å². The molecular formula is C17H16F3N5O3S.